The number of morpholine rings is 1. The summed E-state index contributed by atoms with van der Waals surface area (Å²) < 4.78 is 31.5. The van der Waals surface area contributed by atoms with Gasteiger partial charge in [-0.3, -0.25) is 0 Å². The molecule has 0 saturated carbocycles. The molecule has 2 aliphatic rings. The third kappa shape index (κ3) is 3.69. The van der Waals surface area contributed by atoms with Crippen molar-refractivity contribution < 1.29 is 13.2 Å². The molecule has 0 radical (unpaired) electrons. The van der Waals surface area contributed by atoms with Crippen LogP contribution in [0, 0.1) is 0 Å². The fraction of sp³-hybridized carbons (Fsp3) is 0.474. The first kappa shape index (κ1) is 18.3. The molecule has 0 atom stereocenters. The van der Waals surface area contributed by atoms with Crippen molar-refractivity contribution in [1.82, 2.24) is 15.3 Å². The van der Waals surface area contributed by atoms with Crippen LogP contribution in [0.1, 0.15) is 12.7 Å². The van der Waals surface area contributed by atoms with Crippen molar-refractivity contribution in [3.05, 3.63) is 36.4 Å². The van der Waals surface area contributed by atoms with Crippen LogP contribution in [0.3, 0.4) is 0 Å². The highest BCUT2D eigenvalue weighted by molar-refractivity contribution is 7.92. The number of nitrogens with zero attached hydrogens (tertiary/aromatic N) is 3. The topological polar surface area (TPSA) is 84.4 Å². The van der Waals surface area contributed by atoms with Gasteiger partial charge in [0.2, 0.25) is 0 Å². The van der Waals surface area contributed by atoms with Crippen LogP contribution >= 0.6 is 0 Å². The van der Waals surface area contributed by atoms with Gasteiger partial charge >= 0.3 is 0 Å². The van der Waals surface area contributed by atoms with E-state index in [4.69, 9.17) is 4.74 Å². The molecular weight excluding hydrogens is 364 g/mol. The SMILES string of the molecule is CCc1ncc(-c2cc(N3CCOCC3)cc(S(=O)(=O)C3CNC3)c2)cn1. The Hall–Kier alpha value is -2.03. The standard InChI is InChI=1S/C19H24N4O3S/c1-2-19-21-10-15(11-22-19)14-7-16(23-3-5-26-6-4-23)9-17(8-14)27(24,25)18-12-20-13-18/h7-11,18,20H,2-6,12-13H2,1H3. The van der Waals surface area contributed by atoms with Crippen LogP contribution in [0.25, 0.3) is 11.1 Å². The summed E-state index contributed by atoms with van der Waals surface area (Å²) in [6.45, 7) is 5.81. The number of hydrogen-bond acceptors (Lipinski definition) is 7. The van der Waals surface area contributed by atoms with Crippen molar-refractivity contribution in [2.24, 2.45) is 0 Å². The molecule has 2 aromatic rings. The molecule has 0 bridgehead atoms. The molecule has 4 rings (SSSR count). The predicted octanol–water partition coefficient (Wildman–Crippen LogP) is 1.29. The summed E-state index contributed by atoms with van der Waals surface area (Å²) in [4.78, 5) is 11.3. The van der Waals surface area contributed by atoms with Crippen molar-refractivity contribution in [3.8, 4) is 11.1 Å². The first-order chi connectivity index (χ1) is 13.1. The number of aromatic nitrogens is 2. The predicted molar refractivity (Wildman–Crippen MR) is 104 cm³/mol. The second-order valence-corrected chi connectivity index (χ2v) is 9.11. The van der Waals surface area contributed by atoms with Gasteiger partial charge in [-0.25, -0.2) is 18.4 Å². The Labute approximate surface area is 159 Å². The largest absolute Gasteiger partial charge is 0.378 e. The molecule has 8 heteroatoms. The summed E-state index contributed by atoms with van der Waals surface area (Å²) >= 11 is 0. The van der Waals surface area contributed by atoms with Gasteiger partial charge in [-0.15, -0.1) is 0 Å². The van der Waals surface area contributed by atoms with Gasteiger partial charge in [0.15, 0.2) is 9.84 Å². The molecule has 0 spiro atoms. The maximum atomic E-state index is 13.0. The molecular formula is C19H24N4O3S. The first-order valence-electron chi connectivity index (χ1n) is 9.31. The number of ether oxygens (including phenoxy) is 1. The van der Waals surface area contributed by atoms with Gasteiger partial charge < -0.3 is 15.0 Å². The minimum atomic E-state index is -3.37. The highest BCUT2D eigenvalue weighted by Crippen LogP contribution is 2.31. The number of sulfone groups is 1. The second kappa shape index (κ2) is 7.53. The molecule has 1 aromatic heterocycles. The zero-order valence-corrected chi connectivity index (χ0v) is 16.2. The van der Waals surface area contributed by atoms with Crippen LogP contribution < -0.4 is 10.2 Å². The Morgan fingerprint density at radius 3 is 2.41 bits per heavy atom. The Morgan fingerprint density at radius 1 is 1.11 bits per heavy atom. The minimum Gasteiger partial charge on any atom is -0.378 e. The van der Waals surface area contributed by atoms with E-state index in [0.717, 1.165) is 42.1 Å². The third-order valence-corrected chi connectivity index (χ3v) is 7.24. The number of benzene rings is 1. The number of aryl methyl sites for hydroxylation is 1. The quantitative estimate of drug-likeness (QED) is 0.826. The smallest absolute Gasteiger partial charge is 0.183 e. The van der Waals surface area contributed by atoms with E-state index in [9.17, 15) is 8.42 Å². The maximum Gasteiger partial charge on any atom is 0.183 e. The van der Waals surface area contributed by atoms with Crippen LogP contribution in [0.4, 0.5) is 5.69 Å². The van der Waals surface area contributed by atoms with Crippen molar-refractivity contribution in [1.29, 1.82) is 0 Å². The lowest BCUT2D eigenvalue weighted by Crippen LogP contribution is -2.51. The maximum absolute atomic E-state index is 13.0. The molecule has 144 valence electrons. The van der Waals surface area contributed by atoms with E-state index in [1.807, 2.05) is 13.0 Å². The molecule has 1 N–H and O–H groups in total. The van der Waals surface area contributed by atoms with E-state index in [2.05, 4.69) is 20.2 Å². The molecule has 0 unspecified atom stereocenters. The molecule has 2 fully saturated rings. The van der Waals surface area contributed by atoms with E-state index >= 15 is 0 Å². The summed E-state index contributed by atoms with van der Waals surface area (Å²) in [6, 6.07) is 5.57. The van der Waals surface area contributed by atoms with Crippen molar-refractivity contribution >= 4 is 15.5 Å². The van der Waals surface area contributed by atoms with E-state index in [1.54, 1.807) is 24.5 Å². The van der Waals surface area contributed by atoms with E-state index in [0.29, 0.717) is 31.2 Å². The molecule has 1 aromatic carbocycles. The number of rotatable bonds is 5. The normalized spacial score (nSPS) is 18.3. The lowest BCUT2D eigenvalue weighted by atomic mass is 10.1. The van der Waals surface area contributed by atoms with Gasteiger partial charge in [0.05, 0.1) is 23.4 Å². The van der Waals surface area contributed by atoms with Gasteiger partial charge in [-0.2, -0.15) is 0 Å². The van der Waals surface area contributed by atoms with Crippen molar-refractivity contribution in [2.75, 3.05) is 44.3 Å². The fourth-order valence-corrected chi connectivity index (χ4v) is 4.91. The lowest BCUT2D eigenvalue weighted by Gasteiger charge is -2.31. The van der Waals surface area contributed by atoms with E-state index in [1.165, 1.54) is 0 Å². The van der Waals surface area contributed by atoms with Crippen LogP contribution in [0.15, 0.2) is 35.5 Å². The lowest BCUT2D eigenvalue weighted by molar-refractivity contribution is 0.122. The summed E-state index contributed by atoms with van der Waals surface area (Å²) in [7, 11) is -3.37. The van der Waals surface area contributed by atoms with E-state index in [-0.39, 0.29) is 5.25 Å². The Balaban J connectivity index is 1.78. The molecule has 0 amide bonds. The Kier molecular flexibility index (Phi) is 5.12. The number of hydrogen-bond donors (Lipinski definition) is 1. The zero-order valence-electron chi connectivity index (χ0n) is 15.4. The van der Waals surface area contributed by atoms with Gasteiger partial charge in [-0.1, -0.05) is 6.92 Å². The number of anilines is 1. The summed E-state index contributed by atoms with van der Waals surface area (Å²) in [5.74, 6) is 0.775. The van der Waals surface area contributed by atoms with Gasteiger partial charge in [0, 0.05) is 56.2 Å². The number of nitrogens with one attached hydrogen (secondary N) is 1. The molecule has 3 heterocycles. The molecule has 7 nitrogen and oxygen atoms in total. The summed E-state index contributed by atoms with van der Waals surface area (Å²) in [6.07, 6.45) is 4.31. The van der Waals surface area contributed by atoms with Crippen molar-refractivity contribution in [3.63, 3.8) is 0 Å². The molecule has 0 aliphatic carbocycles. The third-order valence-electron chi connectivity index (χ3n) is 5.13. The molecule has 2 aliphatic heterocycles. The summed E-state index contributed by atoms with van der Waals surface area (Å²) in [5.41, 5.74) is 2.55. The highest BCUT2D eigenvalue weighted by Gasteiger charge is 2.33. The highest BCUT2D eigenvalue weighted by atomic mass is 32.2. The van der Waals surface area contributed by atoms with Crippen molar-refractivity contribution in [2.45, 2.75) is 23.5 Å². The van der Waals surface area contributed by atoms with Crippen LogP contribution in [0.2, 0.25) is 0 Å². The van der Waals surface area contributed by atoms with Crippen LogP contribution in [0.5, 0.6) is 0 Å². The fourth-order valence-electron chi connectivity index (χ4n) is 3.28. The minimum absolute atomic E-state index is 0.357. The molecule has 2 saturated heterocycles. The van der Waals surface area contributed by atoms with Gasteiger partial charge in [0.1, 0.15) is 5.82 Å². The second-order valence-electron chi connectivity index (χ2n) is 6.88. The Bertz CT molecular complexity index is 905. The molecule has 27 heavy (non-hydrogen) atoms. The average Bonchev–Trinajstić information content (AvgIpc) is 2.67. The van der Waals surface area contributed by atoms with Gasteiger partial charge in [-0.05, 0) is 23.8 Å². The zero-order chi connectivity index (χ0) is 18.9. The van der Waals surface area contributed by atoms with Crippen LogP contribution in [-0.2, 0) is 21.0 Å². The summed E-state index contributed by atoms with van der Waals surface area (Å²) in [5, 5.41) is 2.69. The van der Waals surface area contributed by atoms with E-state index < -0.39 is 9.84 Å². The average molecular weight is 388 g/mol. The first-order valence-corrected chi connectivity index (χ1v) is 10.9. The Morgan fingerprint density at radius 2 is 1.81 bits per heavy atom. The van der Waals surface area contributed by atoms with Crippen LogP contribution in [-0.4, -0.2) is 63.0 Å². The van der Waals surface area contributed by atoms with Gasteiger partial charge in [0.25, 0.3) is 0 Å². The monoisotopic (exact) mass is 388 g/mol.